The Kier molecular flexibility index (Phi) is 5.81. The topological polar surface area (TPSA) is 47.6 Å². The van der Waals surface area contributed by atoms with Crippen molar-refractivity contribution in [3.05, 3.63) is 60.0 Å². The van der Waals surface area contributed by atoms with E-state index in [9.17, 15) is 9.18 Å². The molecule has 0 saturated carbocycles. The van der Waals surface area contributed by atoms with Crippen molar-refractivity contribution in [2.24, 2.45) is 0 Å². The summed E-state index contributed by atoms with van der Waals surface area (Å²) in [5, 5.41) is 5.92. The van der Waals surface area contributed by atoms with Gasteiger partial charge in [-0.2, -0.15) is 0 Å². The Morgan fingerprint density at radius 3 is 2.59 bits per heavy atom. The summed E-state index contributed by atoms with van der Waals surface area (Å²) < 4.78 is 13.5. The van der Waals surface area contributed by atoms with Crippen LogP contribution in [-0.4, -0.2) is 43.5 Å². The van der Waals surface area contributed by atoms with E-state index in [1.165, 1.54) is 37.2 Å². The van der Waals surface area contributed by atoms with Crippen molar-refractivity contribution in [2.75, 3.05) is 48.3 Å². The van der Waals surface area contributed by atoms with Gasteiger partial charge in [0.05, 0.1) is 5.57 Å². The van der Waals surface area contributed by atoms with Gasteiger partial charge < -0.3 is 15.5 Å². The SMILES string of the molecule is CCCCN1CCN(c2ccc(N/C=C3/C(=O)Nc4ccc(F)cc43)cc2)CC1. The predicted molar refractivity (Wildman–Crippen MR) is 117 cm³/mol. The van der Waals surface area contributed by atoms with Crippen LogP contribution in [0.2, 0.25) is 0 Å². The van der Waals surface area contributed by atoms with Gasteiger partial charge in [0.1, 0.15) is 5.82 Å². The summed E-state index contributed by atoms with van der Waals surface area (Å²) in [7, 11) is 0. The van der Waals surface area contributed by atoms with Gasteiger partial charge in [0, 0.05) is 55.0 Å². The molecule has 0 bridgehead atoms. The Bertz CT molecular complexity index is 902. The van der Waals surface area contributed by atoms with Crippen LogP contribution in [0.3, 0.4) is 0 Å². The lowest BCUT2D eigenvalue weighted by Crippen LogP contribution is -2.46. The molecule has 0 spiro atoms. The van der Waals surface area contributed by atoms with Crippen LogP contribution in [0.25, 0.3) is 5.57 Å². The van der Waals surface area contributed by atoms with Crippen molar-refractivity contribution in [1.82, 2.24) is 4.90 Å². The van der Waals surface area contributed by atoms with Crippen LogP contribution < -0.4 is 15.5 Å². The van der Waals surface area contributed by atoms with E-state index in [-0.39, 0.29) is 11.7 Å². The summed E-state index contributed by atoms with van der Waals surface area (Å²) in [5.41, 5.74) is 3.76. The lowest BCUT2D eigenvalue weighted by molar-refractivity contribution is -0.110. The number of nitrogens with zero attached hydrogens (tertiary/aromatic N) is 2. The molecule has 1 fully saturated rings. The Morgan fingerprint density at radius 1 is 1.10 bits per heavy atom. The van der Waals surface area contributed by atoms with Crippen molar-refractivity contribution < 1.29 is 9.18 Å². The van der Waals surface area contributed by atoms with E-state index in [1.807, 2.05) is 12.1 Å². The molecule has 0 aromatic heterocycles. The summed E-state index contributed by atoms with van der Waals surface area (Å²) >= 11 is 0. The number of fused-ring (bicyclic) bond motifs is 1. The highest BCUT2D eigenvalue weighted by atomic mass is 19.1. The second-order valence-electron chi connectivity index (χ2n) is 7.58. The molecule has 2 N–H and O–H groups in total. The normalized spacial score (nSPS) is 18.1. The molecule has 0 unspecified atom stereocenters. The molecule has 2 heterocycles. The number of rotatable bonds is 6. The van der Waals surface area contributed by atoms with Gasteiger partial charge in [-0.1, -0.05) is 13.3 Å². The molecule has 2 aliphatic rings. The van der Waals surface area contributed by atoms with E-state index in [0.29, 0.717) is 16.8 Å². The van der Waals surface area contributed by atoms with Crippen LogP contribution in [0.15, 0.2) is 48.7 Å². The van der Waals surface area contributed by atoms with Gasteiger partial charge in [0.2, 0.25) is 0 Å². The third-order valence-electron chi connectivity index (χ3n) is 5.58. The quantitative estimate of drug-likeness (QED) is 0.723. The second-order valence-corrected chi connectivity index (χ2v) is 7.58. The number of benzene rings is 2. The number of carbonyl (C=O) groups is 1. The van der Waals surface area contributed by atoms with Crippen LogP contribution in [0.5, 0.6) is 0 Å². The fourth-order valence-corrected chi connectivity index (χ4v) is 3.84. The lowest BCUT2D eigenvalue weighted by Gasteiger charge is -2.36. The summed E-state index contributed by atoms with van der Waals surface area (Å²) in [6.45, 7) is 7.74. The third-order valence-corrected chi connectivity index (χ3v) is 5.58. The van der Waals surface area contributed by atoms with Gasteiger partial charge >= 0.3 is 0 Å². The average Bonchev–Trinajstić information content (AvgIpc) is 3.06. The number of nitrogens with one attached hydrogen (secondary N) is 2. The van der Waals surface area contributed by atoms with Gasteiger partial charge in [-0.05, 0) is 55.4 Å². The molecule has 4 rings (SSSR count). The molecular weight excluding hydrogens is 367 g/mol. The molecule has 2 aliphatic heterocycles. The third kappa shape index (κ3) is 4.43. The first-order chi connectivity index (χ1) is 14.1. The number of carbonyl (C=O) groups excluding carboxylic acids is 1. The van der Waals surface area contributed by atoms with Crippen LogP contribution in [0.4, 0.5) is 21.5 Å². The molecule has 152 valence electrons. The summed E-state index contributed by atoms with van der Waals surface area (Å²) in [6.07, 6.45) is 4.15. The Labute approximate surface area is 171 Å². The van der Waals surface area contributed by atoms with Gasteiger partial charge in [-0.3, -0.25) is 9.69 Å². The molecular formula is C23H27FN4O. The van der Waals surface area contributed by atoms with Gasteiger partial charge in [-0.15, -0.1) is 0 Å². The van der Waals surface area contributed by atoms with Crippen molar-refractivity contribution >= 4 is 28.5 Å². The highest BCUT2D eigenvalue weighted by Gasteiger charge is 2.24. The fourth-order valence-electron chi connectivity index (χ4n) is 3.84. The van der Waals surface area contributed by atoms with Crippen LogP contribution >= 0.6 is 0 Å². The largest absolute Gasteiger partial charge is 0.369 e. The minimum atomic E-state index is -0.356. The summed E-state index contributed by atoms with van der Waals surface area (Å²) in [6, 6.07) is 12.5. The Hall–Kier alpha value is -2.86. The molecule has 29 heavy (non-hydrogen) atoms. The average molecular weight is 394 g/mol. The van der Waals surface area contributed by atoms with Gasteiger partial charge in [0.25, 0.3) is 5.91 Å². The summed E-state index contributed by atoms with van der Waals surface area (Å²) in [4.78, 5) is 17.1. The number of halogens is 1. The fraction of sp³-hybridized carbons (Fsp3) is 0.348. The molecule has 0 aliphatic carbocycles. The molecule has 2 aromatic rings. The minimum Gasteiger partial charge on any atom is -0.369 e. The monoisotopic (exact) mass is 394 g/mol. The molecule has 0 radical (unpaired) electrons. The van der Waals surface area contributed by atoms with Crippen molar-refractivity contribution in [3.8, 4) is 0 Å². The number of amides is 1. The zero-order chi connectivity index (χ0) is 20.2. The zero-order valence-corrected chi connectivity index (χ0v) is 16.7. The number of unbranched alkanes of at least 4 members (excludes halogenated alkanes) is 1. The first kappa shape index (κ1) is 19.5. The molecule has 1 saturated heterocycles. The standard InChI is InChI=1S/C23H27FN4O/c1-2-3-10-27-11-13-28(14-12-27)19-7-5-18(6-8-19)25-16-21-20-15-17(24)4-9-22(20)26-23(21)29/h4-9,15-16,25H,2-3,10-14H2,1H3,(H,26,29)/b21-16+. The number of anilines is 3. The highest BCUT2D eigenvalue weighted by Crippen LogP contribution is 2.32. The molecule has 0 atom stereocenters. The Morgan fingerprint density at radius 2 is 1.86 bits per heavy atom. The summed E-state index contributed by atoms with van der Waals surface area (Å²) in [5.74, 6) is -0.582. The van der Waals surface area contributed by atoms with Crippen molar-refractivity contribution in [3.63, 3.8) is 0 Å². The lowest BCUT2D eigenvalue weighted by atomic mass is 10.1. The maximum Gasteiger partial charge on any atom is 0.257 e. The number of hydrogen-bond donors (Lipinski definition) is 2. The number of hydrogen-bond acceptors (Lipinski definition) is 4. The van der Waals surface area contributed by atoms with Crippen LogP contribution in [-0.2, 0) is 4.79 Å². The first-order valence-corrected chi connectivity index (χ1v) is 10.3. The molecule has 6 heteroatoms. The second kappa shape index (κ2) is 8.66. The van der Waals surface area contributed by atoms with E-state index in [0.717, 1.165) is 31.9 Å². The van der Waals surface area contributed by atoms with Gasteiger partial charge in [0.15, 0.2) is 0 Å². The minimum absolute atomic E-state index is 0.226. The molecule has 2 aromatic carbocycles. The Balaban J connectivity index is 1.38. The molecule has 5 nitrogen and oxygen atoms in total. The van der Waals surface area contributed by atoms with Crippen molar-refractivity contribution in [1.29, 1.82) is 0 Å². The molecule has 1 amide bonds. The van der Waals surface area contributed by atoms with E-state index in [4.69, 9.17) is 0 Å². The smallest absolute Gasteiger partial charge is 0.257 e. The van der Waals surface area contributed by atoms with Crippen LogP contribution in [0.1, 0.15) is 25.3 Å². The van der Waals surface area contributed by atoms with Gasteiger partial charge in [-0.25, -0.2) is 4.39 Å². The maximum atomic E-state index is 13.5. The number of piperazine rings is 1. The maximum absolute atomic E-state index is 13.5. The van der Waals surface area contributed by atoms with E-state index in [1.54, 1.807) is 12.3 Å². The van der Waals surface area contributed by atoms with Crippen LogP contribution in [0, 0.1) is 5.82 Å². The van der Waals surface area contributed by atoms with E-state index < -0.39 is 0 Å². The highest BCUT2D eigenvalue weighted by molar-refractivity contribution is 6.31. The van der Waals surface area contributed by atoms with Crippen molar-refractivity contribution in [2.45, 2.75) is 19.8 Å². The van der Waals surface area contributed by atoms with E-state index in [2.05, 4.69) is 39.5 Å². The van der Waals surface area contributed by atoms with E-state index >= 15 is 0 Å². The zero-order valence-electron chi connectivity index (χ0n) is 16.7. The first-order valence-electron chi connectivity index (χ1n) is 10.3. The predicted octanol–water partition coefficient (Wildman–Crippen LogP) is 4.15.